The van der Waals surface area contributed by atoms with Crippen LogP contribution in [-0.4, -0.2) is 0 Å². The maximum atomic E-state index is 2.37. The molecule has 0 aromatic heterocycles. The van der Waals surface area contributed by atoms with Gasteiger partial charge in [0.2, 0.25) is 0 Å². The van der Waals surface area contributed by atoms with Crippen molar-refractivity contribution in [1.29, 1.82) is 0 Å². The highest BCUT2D eigenvalue weighted by atomic mass is 14.2. The van der Waals surface area contributed by atoms with Gasteiger partial charge in [-0.1, -0.05) is 56.7 Å². The lowest BCUT2D eigenvalue weighted by atomic mass is 9.78. The van der Waals surface area contributed by atoms with E-state index in [0.29, 0.717) is 5.41 Å². The summed E-state index contributed by atoms with van der Waals surface area (Å²) in [6, 6.07) is 8.72. The second-order valence-corrected chi connectivity index (χ2v) is 5.12. The number of aryl methyl sites for hydroxylation is 1. The van der Waals surface area contributed by atoms with Crippen LogP contribution in [0.5, 0.6) is 0 Å². The van der Waals surface area contributed by atoms with E-state index >= 15 is 0 Å². The van der Waals surface area contributed by atoms with Gasteiger partial charge in [0.25, 0.3) is 0 Å². The number of rotatable bonds is 0. The molecule has 0 fully saturated rings. The summed E-state index contributed by atoms with van der Waals surface area (Å²) in [6.45, 7) is 6.90. The number of hydrogen-bond donors (Lipinski definition) is 0. The third kappa shape index (κ3) is 1.75. The molecule has 0 heterocycles. The summed E-state index contributed by atoms with van der Waals surface area (Å²) < 4.78 is 0. The van der Waals surface area contributed by atoms with Crippen LogP contribution in [-0.2, 0) is 6.42 Å². The summed E-state index contributed by atoms with van der Waals surface area (Å²) in [5.41, 5.74) is 4.83. The standard InChI is InChI=1S/C14H18/c1-14(2,3)13-9-8-11-6-4-5-7-12(11)10-13/h4-7,10H,8-9H2,1-3H3. The highest BCUT2D eigenvalue weighted by molar-refractivity contribution is 5.60. The Labute approximate surface area is 86.7 Å². The summed E-state index contributed by atoms with van der Waals surface area (Å²) >= 11 is 0. The molecule has 0 bridgehead atoms. The summed E-state index contributed by atoms with van der Waals surface area (Å²) in [6.07, 6.45) is 4.80. The van der Waals surface area contributed by atoms with Gasteiger partial charge in [-0.05, 0) is 29.4 Å². The topological polar surface area (TPSA) is 0 Å². The maximum Gasteiger partial charge on any atom is -0.0170 e. The van der Waals surface area contributed by atoms with Gasteiger partial charge in [-0.15, -0.1) is 0 Å². The van der Waals surface area contributed by atoms with Gasteiger partial charge in [0.1, 0.15) is 0 Å². The van der Waals surface area contributed by atoms with Crippen LogP contribution in [0.3, 0.4) is 0 Å². The molecule has 0 unspecified atom stereocenters. The quantitative estimate of drug-likeness (QED) is 0.573. The van der Waals surface area contributed by atoms with Crippen LogP contribution in [0.2, 0.25) is 0 Å². The van der Waals surface area contributed by atoms with Crippen molar-refractivity contribution in [2.45, 2.75) is 33.6 Å². The lowest BCUT2D eigenvalue weighted by Crippen LogP contribution is -2.13. The van der Waals surface area contributed by atoms with E-state index in [1.165, 1.54) is 24.0 Å². The van der Waals surface area contributed by atoms with Crippen molar-refractivity contribution in [1.82, 2.24) is 0 Å². The monoisotopic (exact) mass is 186 g/mol. The lowest BCUT2D eigenvalue weighted by Gasteiger charge is -2.27. The summed E-state index contributed by atoms with van der Waals surface area (Å²) in [5.74, 6) is 0. The smallest absolute Gasteiger partial charge is 0.0170 e. The first-order chi connectivity index (χ1) is 6.57. The molecule has 0 atom stereocenters. The molecule has 0 spiro atoms. The van der Waals surface area contributed by atoms with Gasteiger partial charge in [0, 0.05) is 0 Å². The first-order valence-electron chi connectivity index (χ1n) is 5.36. The highest BCUT2D eigenvalue weighted by Crippen LogP contribution is 2.34. The van der Waals surface area contributed by atoms with E-state index < -0.39 is 0 Å². The molecule has 0 aliphatic heterocycles. The van der Waals surface area contributed by atoms with Crippen LogP contribution in [0.4, 0.5) is 0 Å². The Hall–Kier alpha value is -1.04. The molecule has 0 saturated heterocycles. The van der Waals surface area contributed by atoms with Crippen LogP contribution in [0.15, 0.2) is 29.8 Å². The highest BCUT2D eigenvalue weighted by Gasteiger charge is 2.20. The van der Waals surface area contributed by atoms with Crippen molar-refractivity contribution in [2.75, 3.05) is 0 Å². The van der Waals surface area contributed by atoms with E-state index in [0.717, 1.165) is 0 Å². The van der Waals surface area contributed by atoms with Crippen LogP contribution < -0.4 is 0 Å². The molecule has 0 radical (unpaired) electrons. The first kappa shape index (κ1) is 9.51. The minimum atomic E-state index is 0.327. The maximum absolute atomic E-state index is 2.37. The Morgan fingerprint density at radius 3 is 2.43 bits per heavy atom. The molecule has 2 rings (SSSR count). The van der Waals surface area contributed by atoms with Crippen molar-refractivity contribution >= 4 is 6.08 Å². The fraction of sp³-hybridized carbons (Fsp3) is 0.429. The van der Waals surface area contributed by atoms with Crippen LogP contribution in [0, 0.1) is 5.41 Å². The van der Waals surface area contributed by atoms with E-state index in [4.69, 9.17) is 0 Å². The van der Waals surface area contributed by atoms with Crippen molar-refractivity contribution < 1.29 is 0 Å². The molecular weight excluding hydrogens is 168 g/mol. The molecule has 14 heavy (non-hydrogen) atoms. The molecule has 1 aliphatic carbocycles. The molecule has 74 valence electrons. The number of fused-ring (bicyclic) bond motifs is 1. The zero-order valence-electron chi connectivity index (χ0n) is 9.30. The average Bonchev–Trinajstić information content (AvgIpc) is 2.16. The molecule has 1 aromatic carbocycles. The predicted octanol–water partition coefficient (Wildman–Crippen LogP) is 4.06. The zero-order valence-corrected chi connectivity index (χ0v) is 9.30. The van der Waals surface area contributed by atoms with Gasteiger partial charge < -0.3 is 0 Å². The minimum absolute atomic E-state index is 0.327. The number of allylic oxidation sites excluding steroid dienone is 1. The van der Waals surface area contributed by atoms with Gasteiger partial charge in [-0.2, -0.15) is 0 Å². The van der Waals surface area contributed by atoms with Crippen molar-refractivity contribution in [3.05, 3.63) is 41.0 Å². The predicted molar refractivity (Wildman–Crippen MR) is 62.2 cm³/mol. The molecule has 1 aromatic rings. The fourth-order valence-corrected chi connectivity index (χ4v) is 2.02. The third-order valence-corrected chi connectivity index (χ3v) is 3.01. The zero-order chi connectivity index (χ0) is 10.2. The second-order valence-electron chi connectivity index (χ2n) is 5.12. The van der Waals surface area contributed by atoms with Crippen molar-refractivity contribution in [2.24, 2.45) is 5.41 Å². The van der Waals surface area contributed by atoms with E-state index in [-0.39, 0.29) is 0 Å². The second kappa shape index (κ2) is 3.27. The molecular formula is C14H18. The molecule has 0 nitrogen and oxygen atoms in total. The van der Waals surface area contributed by atoms with Gasteiger partial charge in [0.15, 0.2) is 0 Å². The first-order valence-corrected chi connectivity index (χ1v) is 5.36. The Morgan fingerprint density at radius 1 is 1.00 bits per heavy atom. The normalized spacial score (nSPS) is 16.1. The average molecular weight is 186 g/mol. The van der Waals surface area contributed by atoms with Crippen molar-refractivity contribution in [3.63, 3.8) is 0 Å². The minimum Gasteiger partial charge on any atom is -0.0639 e. The SMILES string of the molecule is CC(C)(C)C1=Cc2ccccc2CC1. The number of benzene rings is 1. The van der Waals surface area contributed by atoms with Crippen LogP contribution in [0.25, 0.3) is 6.08 Å². The molecule has 0 heteroatoms. The van der Waals surface area contributed by atoms with Gasteiger partial charge in [0.05, 0.1) is 0 Å². The Balaban J connectivity index is 2.41. The van der Waals surface area contributed by atoms with E-state index in [9.17, 15) is 0 Å². The van der Waals surface area contributed by atoms with Gasteiger partial charge in [-0.3, -0.25) is 0 Å². The van der Waals surface area contributed by atoms with Gasteiger partial charge in [-0.25, -0.2) is 0 Å². The van der Waals surface area contributed by atoms with E-state index in [1.54, 1.807) is 5.57 Å². The summed E-state index contributed by atoms with van der Waals surface area (Å²) in [4.78, 5) is 0. The fourth-order valence-electron chi connectivity index (χ4n) is 2.02. The Bertz CT molecular complexity index is 364. The van der Waals surface area contributed by atoms with Crippen molar-refractivity contribution in [3.8, 4) is 0 Å². The lowest BCUT2D eigenvalue weighted by molar-refractivity contribution is 0.484. The molecule has 1 aliphatic rings. The Morgan fingerprint density at radius 2 is 1.71 bits per heavy atom. The largest absolute Gasteiger partial charge is 0.0639 e. The molecule has 0 amide bonds. The number of hydrogen-bond acceptors (Lipinski definition) is 0. The third-order valence-electron chi connectivity index (χ3n) is 3.01. The van der Waals surface area contributed by atoms with E-state index in [2.05, 4.69) is 51.1 Å². The Kier molecular flexibility index (Phi) is 2.22. The van der Waals surface area contributed by atoms with E-state index in [1.807, 2.05) is 0 Å². The molecule has 0 saturated carbocycles. The summed E-state index contributed by atoms with van der Waals surface area (Å²) in [5, 5.41) is 0. The van der Waals surface area contributed by atoms with Crippen LogP contribution in [0.1, 0.15) is 38.3 Å². The van der Waals surface area contributed by atoms with Gasteiger partial charge >= 0.3 is 0 Å². The summed E-state index contributed by atoms with van der Waals surface area (Å²) in [7, 11) is 0. The van der Waals surface area contributed by atoms with Crippen LogP contribution >= 0.6 is 0 Å². The molecule has 0 N–H and O–H groups in total.